The second-order valence-corrected chi connectivity index (χ2v) is 3.44. The zero-order valence-electron chi connectivity index (χ0n) is 6.11. The number of rotatable bonds is 0. The summed E-state index contributed by atoms with van der Waals surface area (Å²) in [6.45, 7) is 1.70. The Kier molecular flexibility index (Phi) is 1.62. The van der Waals surface area contributed by atoms with Crippen molar-refractivity contribution < 1.29 is 0 Å². The van der Waals surface area contributed by atoms with E-state index in [0.29, 0.717) is 10.7 Å². The molecule has 4 nitrogen and oxygen atoms in total. The van der Waals surface area contributed by atoms with Crippen LogP contribution in [-0.2, 0) is 0 Å². The van der Waals surface area contributed by atoms with Gasteiger partial charge in [-0.1, -0.05) is 22.9 Å². The lowest BCUT2D eigenvalue weighted by atomic mass is 10.4. The van der Waals surface area contributed by atoms with Crippen molar-refractivity contribution in [1.29, 1.82) is 0 Å². The highest BCUT2D eigenvalue weighted by atomic mass is 35.5. The molecule has 6 heteroatoms. The van der Waals surface area contributed by atoms with Crippen LogP contribution in [0.25, 0.3) is 4.96 Å². The maximum atomic E-state index is 11.3. The average Bonchev–Trinajstić information content (AvgIpc) is 2.48. The summed E-state index contributed by atoms with van der Waals surface area (Å²) in [5.74, 6) is 0. The Bertz CT molecular complexity index is 489. The topological polar surface area (TPSA) is 47.3 Å². The Hall–Kier alpha value is -0.940. The molecule has 0 amide bonds. The molecule has 2 rings (SSSR count). The van der Waals surface area contributed by atoms with Crippen molar-refractivity contribution in [2.75, 3.05) is 0 Å². The van der Waals surface area contributed by atoms with Crippen LogP contribution in [-0.4, -0.2) is 14.6 Å². The van der Waals surface area contributed by atoms with Gasteiger partial charge in [0.2, 0.25) is 4.96 Å². The summed E-state index contributed by atoms with van der Waals surface area (Å²) in [4.78, 5) is 16.0. The van der Waals surface area contributed by atoms with E-state index in [9.17, 15) is 4.79 Å². The first-order valence-electron chi connectivity index (χ1n) is 3.19. The lowest BCUT2D eigenvalue weighted by molar-refractivity contribution is 0.890. The molecule has 0 unspecified atom stereocenters. The third-order valence-corrected chi connectivity index (χ3v) is 2.57. The zero-order chi connectivity index (χ0) is 8.72. The van der Waals surface area contributed by atoms with Gasteiger partial charge in [-0.2, -0.15) is 9.61 Å². The molecule has 62 valence electrons. The van der Waals surface area contributed by atoms with Gasteiger partial charge in [0.15, 0.2) is 0 Å². The lowest BCUT2D eigenvalue weighted by Crippen LogP contribution is -2.16. The third-order valence-electron chi connectivity index (χ3n) is 1.46. The van der Waals surface area contributed by atoms with E-state index in [0.717, 1.165) is 0 Å². The van der Waals surface area contributed by atoms with E-state index in [-0.39, 0.29) is 10.6 Å². The van der Waals surface area contributed by atoms with Gasteiger partial charge in [-0.3, -0.25) is 4.79 Å². The summed E-state index contributed by atoms with van der Waals surface area (Å²) in [5, 5.41) is 3.93. The molecule has 0 atom stereocenters. The van der Waals surface area contributed by atoms with Crippen LogP contribution in [0.15, 0.2) is 10.3 Å². The predicted molar refractivity (Wildman–Crippen MR) is 46.9 cm³/mol. The highest BCUT2D eigenvalue weighted by Crippen LogP contribution is 2.10. The fourth-order valence-electron chi connectivity index (χ4n) is 0.870. The van der Waals surface area contributed by atoms with Crippen molar-refractivity contribution in [2.24, 2.45) is 0 Å². The van der Waals surface area contributed by atoms with E-state index >= 15 is 0 Å². The summed E-state index contributed by atoms with van der Waals surface area (Å²) in [6, 6.07) is 0. The highest BCUT2D eigenvalue weighted by Gasteiger charge is 2.07. The number of nitrogens with zero attached hydrogens (tertiary/aromatic N) is 3. The van der Waals surface area contributed by atoms with E-state index in [1.54, 1.807) is 12.4 Å². The number of hydrogen-bond acceptors (Lipinski definition) is 4. The van der Waals surface area contributed by atoms with Crippen LogP contribution in [0.4, 0.5) is 0 Å². The minimum absolute atomic E-state index is 0.137. The minimum atomic E-state index is -0.305. The van der Waals surface area contributed by atoms with Gasteiger partial charge in [-0.15, -0.1) is 0 Å². The molecule has 0 radical (unpaired) electrons. The highest BCUT2D eigenvalue weighted by molar-refractivity contribution is 7.14. The van der Waals surface area contributed by atoms with Crippen LogP contribution in [0, 0.1) is 6.92 Å². The van der Waals surface area contributed by atoms with Crippen molar-refractivity contribution in [3.63, 3.8) is 0 Å². The molecule has 0 aliphatic rings. The van der Waals surface area contributed by atoms with Gasteiger partial charge in [0.1, 0.15) is 10.5 Å². The number of hydrogen-bond donors (Lipinski definition) is 0. The van der Waals surface area contributed by atoms with Gasteiger partial charge in [-0.05, 0) is 6.92 Å². The lowest BCUT2D eigenvalue weighted by Gasteiger charge is -1.94. The van der Waals surface area contributed by atoms with Gasteiger partial charge >= 0.3 is 0 Å². The number of aryl methyl sites for hydroxylation is 1. The number of aromatic nitrogens is 3. The molecule has 2 aromatic rings. The SMILES string of the molecule is Cc1nc2scnn2c(=O)c1Cl. The van der Waals surface area contributed by atoms with Gasteiger partial charge in [-0.25, -0.2) is 4.98 Å². The largest absolute Gasteiger partial charge is 0.294 e. The Morgan fingerprint density at radius 1 is 1.67 bits per heavy atom. The van der Waals surface area contributed by atoms with Gasteiger partial charge < -0.3 is 0 Å². The standard InChI is InChI=1S/C6H4ClN3OS/c1-3-4(7)5(11)10-6(9-3)12-2-8-10/h2H,1H3. The van der Waals surface area contributed by atoms with E-state index in [4.69, 9.17) is 11.6 Å². The van der Waals surface area contributed by atoms with Crippen LogP contribution in [0.5, 0.6) is 0 Å². The first-order valence-corrected chi connectivity index (χ1v) is 4.44. The Labute approximate surface area is 76.4 Å². The van der Waals surface area contributed by atoms with Crippen LogP contribution in [0.2, 0.25) is 5.02 Å². The fraction of sp³-hybridized carbons (Fsp3) is 0.167. The molecule has 2 heterocycles. The summed E-state index contributed by atoms with van der Waals surface area (Å²) in [5.41, 5.74) is 1.80. The summed E-state index contributed by atoms with van der Waals surface area (Å²) in [7, 11) is 0. The molecule has 0 saturated heterocycles. The van der Waals surface area contributed by atoms with Gasteiger partial charge in [0.05, 0.1) is 5.69 Å². The van der Waals surface area contributed by atoms with Gasteiger partial charge in [0.25, 0.3) is 5.56 Å². The fourth-order valence-corrected chi connectivity index (χ4v) is 1.65. The minimum Gasteiger partial charge on any atom is -0.266 e. The van der Waals surface area contributed by atoms with E-state index < -0.39 is 0 Å². The average molecular weight is 202 g/mol. The van der Waals surface area contributed by atoms with Crippen molar-refractivity contribution >= 4 is 27.9 Å². The Morgan fingerprint density at radius 3 is 3.17 bits per heavy atom. The molecule has 0 aliphatic heterocycles. The van der Waals surface area contributed by atoms with E-state index in [1.165, 1.54) is 15.9 Å². The molecule has 0 spiro atoms. The summed E-state index contributed by atoms with van der Waals surface area (Å²) in [6.07, 6.45) is 0. The first kappa shape index (κ1) is 7.70. The molecule has 12 heavy (non-hydrogen) atoms. The number of halogens is 1. The molecule has 0 N–H and O–H groups in total. The van der Waals surface area contributed by atoms with Crippen molar-refractivity contribution in [3.05, 3.63) is 26.6 Å². The smallest absolute Gasteiger partial charge is 0.266 e. The molecule has 2 aromatic heterocycles. The first-order chi connectivity index (χ1) is 5.70. The van der Waals surface area contributed by atoms with Crippen LogP contribution in [0.1, 0.15) is 5.69 Å². The molecule has 0 saturated carbocycles. The molecule has 0 fully saturated rings. The Balaban J connectivity index is 3.05. The summed E-state index contributed by atoms with van der Waals surface area (Å²) < 4.78 is 1.19. The third kappa shape index (κ3) is 0.937. The second kappa shape index (κ2) is 2.53. The van der Waals surface area contributed by atoms with Crippen LogP contribution < -0.4 is 5.56 Å². The maximum absolute atomic E-state index is 11.3. The molecule has 0 aliphatic carbocycles. The van der Waals surface area contributed by atoms with E-state index in [2.05, 4.69) is 10.1 Å². The summed E-state index contributed by atoms with van der Waals surface area (Å²) >= 11 is 6.99. The second-order valence-electron chi connectivity index (χ2n) is 2.25. The number of fused-ring (bicyclic) bond motifs is 1. The quantitative estimate of drug-likeness (QED) is 0.642. The Morgan fingerprint density at radius 2 is 2.42 bits per heavy atom. The zero-order valence-corrected chi connectivity index (χ0v) is 7.69. The van der Waals surface area contributed by atoms with Crippen molar-refractivity contribution in [1.82, 2.24) is 14.6 Å². The van der Waals surface area contributed by atoms with Gasteiger partial charge in [0, 0.05) is 0 Å². The van der Waals surface area contributed by atoms with Crippen molar-refractivity contribution in [3.8, 4) is 0 Å². The molecular weight excluding hydrogens is 198 g/mol. The van der Waals surface area contributed by atoms with E-state index in [1.807, 2.05) is 0 Å². The normalized spacial score (nSPS) is 10.8. The molecular formula is C6H4ClN3OS. The monoisotopic (exact) mass is 201 g/mol. The predicted octanol–water partition coefficient (Wildman–Crippen LogP) is 1.11. The molecule has 0 aromatic carbocycles. The molecule has 0 bridgehead atoms. The van der Waals surface area contributed by atoms with Crippen LogP contribution in [0.3, 0.4) is 0 Å². The van der Waals surface area contributed by atoms with Crippen LogP contribution >= 0.6 is 22.9 Å². The van der Waals surface area contributed by atoms with Crippen molar-refractivity contribution in [2.45, 2.75) is 6.92 Å². The maximum Gasteiger partial charge on any atom is 0.294 e.